The van der Waals surface area contributed by atoms with Crippen LogP contribution >= 0.6 is 0 Å². The van der Waals surface area contributed by atoms with Crippen LogP contribution in [0.15, 0.2) is 12.3 Å². The van der Waals surface area contributed by atoms with Gasteiger partial charge in [0.2, 0.25) is 0 Å². The van der Waals surface area contributed by atoms with Gasteiger partial charge >= 0.3 is 5.97 Å². The molecule has 14 heavy (non-hydrogen) atoms. The first-order valence-electron chi connectivity index (χ1n) is 5.54. The predicted octanol–water partition coefficient (Wildman–Crippen LogP) is 3.42. The summed E-state index contributed by atoms with van der Waals surface area (Å²) in [6.45, 7) is 5.25. The molecule has 1 aliphatic carbocycles. The zero-order valence-electron chi connectivity index (χ0n) is 9.05. The highest BCUT2D eigenvalue weighted by molar-refractivity contribution is 5.70. The van der Waals surface area contributed by atoms with Crippen LogP contribution < -0.4 is 0 Å². The normalized spacial score (nSPS) is 17.8. The fraction of sp³-hybridized carbons (Fsp3) is 0.750. The number of hydrogen-bond acceptors (Lipinski definition) is 2. The Morgan fingerprint density at radius 2 is 2.00 bits per heavy atom. The Morgan fingerprint density at radius 3 is 2.57 bits per heavy atom. The first-order valence-corrected chi connectivity index (χ1v) is 5.54. The Labute approximate surface area is 86.3 Å². The van der Waals surface area contributed by atoms with E-state index in [-0.39, 0.29) is 5.97 Å². The highest BCUT2D eigenvalue weighted by Gasteiger charge is 2.15. The van der Waals surface area contributed by atoms with E-state index in [1.165, 1.54) is 32.1 Å². The lowest BCUT2D eigenvalue weighted by Gasteiger charge is -2.20. The second-order valence-electron chi connectivity index (χ2n) is 4.22. The van der Waals surface area contributed by atoms with Crippen LogP contribution in [0.4, 0.5) is 0 Å². The van der Waals surface area contributed by atoms with Crippen LogP contribution in [-0.4, -0.2) is 5.97 Å². The number of rotatable bonds is 4. The maximum atomic E-state index is 11.2. The molecule has 1 fully saturated rings. The van der Waals surface area contributed by atoms with Gasteiger partial charge in [-0.15, -0.1) is 0 Å². The molecule has 0 radical (unpaired) electrons. The average Bonchev–Trinajstić information content (AvgIpc) is 2.15. The Bertz CT molecular complexity index is 202. The van der Waals surface area contributed by atoms with E-state index in [4.69, 9.17) is 4.74 Å². The molecule has 0 spiro atoms. The smallest absolute Gasteiger partial charge is 0.310 e. The van der Waals surface area contributed by atoms with Gasteiger partial charge in [-0.1, -0.05) is 38.7 Å². The van der Waals surface area contributed by atoms with Crippen molar-refractivity contribution in [3.05, 3.63) is 12.3 Å². The molecule has 1 aliphatic rings. The van der Waals surface area contributed by atoms with Crippen molar-refractivity contribution in [1.82, 2.24) is 0 Å². The zero-order chi connectivity index (χ0) is 10.4. The molecule has 0 atom stereocenters. The Hall–Kier alpha value is -0.790. The third kappa shape index (κ3) is 4.45. The van der Waals surface area contributed by atoms with Crippen molar-refractivity contribution in [2.75, 3.05) is 0 Å². The predicted molar refractivity (Wildman–Crippen MR) is 56.7 cm³/mol. The third-order valence-electron chi connectivity index (χ3n) is 2.77. The van der Waals surface area contributed by atoms with Gasteiger partial charge in [-0.05, 0) is 19.3 Å². The lowest BCUT2D eigenvalue weighted by molar-refractivity contribution is -0.139. The molecule has 0 aromatic carbocycles. The van der Waals surface area contributed by atoms with Crippen molar-refractivity contribution >= 4 is 5.97 Å². The van der Waals surface area contributed by atoms with Crippen molar-refractivity contribution in [1.29, 1.82) is 0 Å². The number of carbonyl (C=O) groups is 1. The summed E-state index contributed by atoms with van der Waals surface area (Å²) in [4.78, 5) is 11.2. The van der Waals surface area contributed by atoms with Crippen LogP contribution in [0.3, 0.4) is 0 Å². The summed E-state index contributed by atoms with van der Waals surface area (Å²) in [5.41, 5.74) is 0. The first-order chi connectivity index (χ1) is 6.68. The molecule has 0 unspecified atom stereocenters. The van der Waals surface area contributed by atoms with Gasteiger partial charge < -0.3 is 4.74 Å². The summed E-state index contributed by atoms with van der Waals surface area (Å²) in [5.74, 6) is 1.13. The van der Waals surface area contributed by atoms with E-state index in [9.17, 15) is 4.79 Å². The van der Waals surface area contributed by atoms with E-state index in [1.54, 1.807) is 6.92 Å². The average molecular weight is 196 g/mol. The number of allylic oxidation sites excluding steroid dienone is 1. The molecule has 2 nitrogen and oxygen atoms in total. The van der Waals surface area contributed by atoms with Gasteiger partial charge in [-0.3, -0.25) is 4.79 Å². The van der Waals surface area contributed by atoms with Crippen LogP contribution in [0.1, 0.15) is 51.9 Å². The molecule has 0 N–H and O–H groups in total. The van der Waals surface area contributed by atoms with Crippen LogP contribution in [-0.2, 0) is 9.53 Å². The number of carbonyl (C=O) groups excluding carboxylic acids is 1. The highest BCUT2D eigenvalue weighted by Crippen LogP contribution is 2.27. The summed E-state index contributed by atoms with van der Waals surface area (Å²) >= 11 is 0. The van der Waals surface area contributed by atoms with Crippen molar-refractivity contribution in [3.8, 4) is 0 Å². The van der Waals surface area contributed by atoms with E-state index in [0.717, 1.165) is 12.3 Å². The molecule has 1 rings (SSSR count). The lowest BCUT2D eigenvalue weighted by Crippen LogP contribution is -2.10. The minimum atomic E-state index is -0.122. The number of ether oxygens (including phenoxy) is 1. The lowest BCUT2D eigenvalue weighted by atomic mass is 9.86. The second kappa shape index (κ2) is 5.84. The van der Waals surface area contributed by atoms with Crippen LogP contribution in [0.2, 0.25) is 0 Å². The molecule has 80 valence electrons. The molecular formula is C12H20O2. The quantitative estimate of drug-likeness (QED) is 0.508. The molecule has 0 aromatic rings. The molecule has 0 aromatic heterocycles. The van der Waals surface area contributed by atoms with Gasteiger partial charge in [0.05, 0.1) is 5.76 Å². The largest absolute Gasteiger partial charge is 0.432 e. The van der Waals surface area contributed by atoms with Crippen molar-refractivity contribution in [2.45, 2.75) is 51.9 Å². The molecule has 0 heterocycles. The maximum absolute atomic E-state index is 11.2. The molecular weight excluding hydrogens is 176 g/mol. The monoisotopic (exact) mass is 196 g/mol. The van der Waals surface area contributed by atoms with Gasteiger partial charge in [-0.2, -0.15) is 0 Å². The Kier molecular flexibility index (Phi) is 4.71. The van der Waals surface area contributed by atoms with E-state index >= 15 is 0 Å². The SMILES string of the molecule is C=C(C)OC(=O)CCC1CCCCC1. The topological polar surface area (TPSA) is 26.3 Å². The van der Waals surface area contributed by atoms with Gasteiger partial charge in [0.15, 0.2) is 0 Å². The van der Waals surface area contributed by atoms with Gasteiger partial charge in [-0.25, -0.2) is 0 Å². The standard InChI is InChI=1S/C12H20O2/c1-10(2)14-12(13)9-8-11-6-4-3-5-7-11/h11H,1,3-9H2,2H3. The van der Waals surface area contributed by atoms with Crippen LogP contribution in [0, 0.1) is 5.92 Å². The zero-order valence-corrected chi connectivity index (χ0v) is 9.05. The second-order valence-corrected chi connectivity index (χ2v) is 4.22. The first kappa shape index (κ1) is 11.3. The minimum Gasteiger partial charge on any atom is -0.432 e. The summed E-state index contributed by atoms with van der Waals surface area (Å²) in [5, 5.41) is 0. The molecule has 0 saturated heterocycles. The van der Waals surface area contributed by atoms with E-state index in [2.05, 4.69) is 6.58 Å². The molecule has 1 saturated carbocycles. The van der Waals surface area contributed by atoms with E-state index < -0.39 is 0 Å². The van der Waals surface area contributed by atoms with Crippen LogP contribution in [0.5, 0.6) is 0 Å². The van der Waals surface area contributed by atoms with Gasteiger partial charge in [0, 0.05) is 6.42 Å². The molecule has 0 bridgehead atoms. The van der Waals surface area contributed by atoms with Crippen molar-refractivity contribution < 1.29 is 9.53 Å². The Morgan fingerprint density at radius 1 is 1.36 bits per heavy atom. The van der Waals surface area contributed by atoms with E-state index in [0.29, 0.717) is 12.2 Å². The van der Waals surface area contributed by atoms with Crippen molar-refractivity contribution in [3.63, 3.8) is 0 Å². The fourth-order valence-electron chi connectivity index (χ4n) is 2.04. The van der Waals surface area contributed by atoms with Gasteiger partial charge in [0.1, 0.15) is 0 Å². The molecule has 0 aliphatic heterocycles. The highest BCUT2D eigenvalue weighted by atomic mass is 16.5. The third-order valence-corrected chi connectivity index (χ3v) is 2.77. The Balaban J connectivity index is 2.12. The van der Waals surface area contributed by atoms with Gasteiger partial charge in [0.25, 0.3) is 0 Å². The van der Waals surface area contributed by atoms with Crippen LogP contribution in [0.25, 0.3) is 0 Å². The summed E-state index contributed by atoms with van der Waals surface area (Å²) in [6, 6.07) is 0. The molecule has 0 amide bonds. The minimum absolute atomic E-state index is 0.122. The summed E-state index contributed by atoms with van der Waals surface area (Å²) in [6.07, 6.45) is 8.16. The number of hydrogen-bond donors (Lipinski definition) is 0. The van der Waals surface area contributed by atoms with Crippen molar-refractivity contribution in [2.24, 2.45) is 5.92 Å². The maximum Gasteiger partial charge on any atom is 0.310 e. The fourth-order valence-corrected chi connectivity index (χ4v) is 2.04. The molecule has 2 heteroatoms. The summed E-state index contributed by atoms with van der Waals surface area (Å²) in [7, 11) is 0. The summed E-state index contributed by atoms with van der Waals surface area (Å²) < 4.78 is 4.91. The van der Waals surface area contributed by atoms with E-state index in [1.807, 2.05) is 0 Å². The number of esters is 1.